The molecule has 0 amide bonds. The van der Waals surface area contributed by atoms with Crippen LogP contribution < -0.4 is 0 Å². The maximum absolute atomic E-state index is 2.56. The van der Waals surface area contributed by atoms with Gasteiger partial charge in [-0.3, -0.25) is 0 Å². The molecule has 0 radical (unpaired) electrons. The van der Waals surface area contributed by atoms with Crippen LogP contribution in [0.1, 0.15) is 109 Å². The number of unbranched alkanes of at least 4 members (excludes halogenated alkanes) is 11. The summed E-state index contributed by atoms with van der Waals surface area (Å²) in [6.45, 7) is 6.78. The molecule has 164 valence electrons. The Kier molecular flexibility index (Phi) is 12.7. The fourth-order valence-electron chi connectivity index (χ4n) is 4.49. The Morgan fingerprint density at radius 1 is 0.621 bits per heavy atom. The summed E-state index contributed by atoms with van der Waals surface area (Å²) in [7, 11) is 0. The third kappa shape index (κ3) is 9.74. The van der Waals surface area contributed by atoms with E-state index in [2.05, 4.69) is 66.4 Å². The molecule has 2 rings (SSSR count). The average Bonchev–Trinajstić information content (AvgIpc) is 3.11. The van der Waals surface area contributed by atoms with E-state index in [9.17, 15) is 0 Å². The minimum Gasteiger partial charge on any atom is -0.356 e. The molecule has 1 heterocycles. The van der Waals surface area contributed by atoms with Crippen LogP contribution in [0.5, 0.6) is 0 Å². The van der Waals surface area contributed by atoms with E-state index < -0.39 is 0 Å². The second kappa shape index (κ2) is 15.4. The molecule has 2 heteroatoms. The van der Waals surface area contributed by atoms with Gasteiger partial charge >= 0.3 is 0 Å². The Bertz CT molecular complexity index is 525. The van der Waals surface area contributed by atoms with Gasteiger partial charge in [0.1, 0.15) is 6.17 Å². The van der Waals surface area contributed by atoms with Gasteiger partial charge in [0.15, 0.2) is 0 Å². The van der Waals surface area contributed by atoms with Gasteiger partial charge in [0.05, 0.1) is 0 Å². The van der Waals surface area contributed by atoms with Crippen molar-refractivity contribution in [1.82, 2.24) is 9.80 Å². The van der Waals surface area contributed by atoms with E-state index in [1.807, 2.05) is 0 Å². The summed E-state index contributed by atoms with van der Waals surface area (Å²) < 4.78 is 0. The Labute approximate surface area is 181 Å². The van der Waals surface area contributed by atoms with Crippen molar-refractivity contribution in [3.05, 3.63) is 48.3 Å². The molecule has 1 atom stereocenters. The first-order valence-corrected chi connectivity index (χ1v) is 12.6. The van der Waals surface area contributed by atoms with Crippen LogP contribution in [-0.2, 0) is 6.54 Å². The Hall–Kier alpha value is -1.44. The quantitative estimate of drug-likeness (QED) is 0.244. The van der Waals surface area contributed by atoms with Crippen molar-refractivity contribution in [2.45, 2.75) is 116 Å². The molecule has 0 aromatic heterocycles. The lowest BCUT2D eigenvalue weighted by molar-refractivity contribution is 0.134. The van der Waals surface area contributed by atoms with Crippen molar-refractivity contribution in [2.75, 3.05) is 6.54 Å². The number of rotatable bonds is 17. The number of nitrogens with zero attached hydrogens (tertiary/aromatic N) is 2. The summed E-state index contributed by atoms with van der Waals surface area (Å²) in [5.74, 6) is 0. The van der Waals surface area contributed by atoms with Crippen molar-refractivity contribution in [3.8, 4) is 0 Å². The van der Waals surface area contributed by atoms with E-state index in [0.717, 1.165) is 6.54 Å². The summed E-state index contributed by atoms with van der Waals surface area (Å²) in [4.78, 5) is 5.10. The minimum absolute atomic E-state index is 0.554. The molecule has 1 aliphatic rings. The van der Waals surface area contributed by atoms with Gasteiger partial charge in [-0.25, -0.2) is 0 Å². The average molecular weight is 399 g/mol. The van der Waals surface area contributed by atoms with Crippen LogP contribution in [0.25, 0.3) is 0 Å². The molecule has 0 spiro atoms. The zero-order chi connectivity index (χ0) is 20.6. The zero-order valence-corrected chi connectivity index (χ0v) is 19.3. The maximum atomic E-state index is 2.56. The summed E-state index contributed by atoms with van der Waals surface area (Å²) >= 11 is 0. The molecule has 1 aromatic rings. The van der Waals surface area contributed by atoms with Gasteiger partial charge in [0.2, 0.25) is 0 Å². The molecule has 0 saturated heterocycles. The van der Waals surface area contributed by atoms with Crippen molar-refractivity contribution in [2.24, 2.45) is 0 Å². The maximum Gasteiger partial charge on any atom is 0.101 e. The molecule has 1 unspecified atom stereocenters. The highest BCUT2D eigenvalue weighted by Gasteiger charge is 2.25. The zero-order valence-electron chi connectivity index (χ0n) is 19.3. The van der Waals surface area contributed by atoms with Gasteiger partial charge in [0, 0.05) is 25.5 Å². The lowest BCUT2D eigenvalue weighted by Gasteiger charge is -2.33. The van der Waals surface area contributed by atoms with Gasteiger partial charge in [-0.1, -0.05) is 115 Å². The molecular formula is C27H46N2. The molecule has 2 nitrogen and oxygen atoms in total. The highest BCUT2D eigenvalue weighted by atomic mass is 15.4. The SMILES string of the molecule is CCCCCCCCCCCCCCC1N(CCC)C=CN1Cc1ccccc1. The van der Waals surface area contributed by atoms with Crippen LogP contribution in [0.2, 0.25) is 0 Å². The number of hydrogen-bond donors (Lipinski definition) is 0. The third-order valence-electron chi connectivity index (χ3n) is 6.22. The molecule has 0 bridgehead atoms. The van der Waals surface area contributed by atoms with Crippen molar-refractivity contribution >= 4 is 0 Å². The van der Waals surface area contributed by atoms with E-state index in [4.69, 9.17) is 0 Å². The van der Waals surface area contributed by atoms with Gasteiger partial charge in [-0.15, -0.1) is 0 Å². The highest BCUT2D eigenvalue weighted by Crippen LogP contribution is 2.24. The first-order chi connectivity index (χ1) is 14.3. The smallest absolute Gasteiger partial charge is 0.101 e. The Morgan fingerprint density at radius 2 is 1.17 bits per heavy atom. The van der Waals surface area contributed by atoms with Crippen LogP contribution in [0, 0.1) is 0 Å². The van der Waals surface area contributed by atoms with E-state index in [-0.39, 0.29) is 0 Å². The van der Waals surface area contributed by atoms with Crippen LogP contribution in [0.15, 0.2) is 42.7 Å². The van der Waals surface area contributed by atoms with Crippen LogP contribution in [0.3, 0.4) is 0 Å². The predicted octanol–water partition coefficient (Wildman–Crippen LogP) is 8.10. The second-order valence-electron chi connectivity index (χ2n) is 8.85. The molecule has 0 aliphatic carbocycles. The standard InChI is InChI=1S/C27H46N2/c1-3-5-6-7-8-9-10-11-12-13-14-18-21-27-28(22-4-2)23-24-29(27)25-26-19-16-15-17-20-26/h15-17,19-20,23-24,27H,3-14,18,21-22,25H2,1-2H3. The molecule has 1 aliphatic heterocycles. The van der Waals surface area contributed by atoms with Gasteiger partial charge in [-0.2, -0.15) is 0 Å². The summed E-state index contributed by atoms with van der Waals surface area (Å²) in [6, 6.07) is 10.9. The molecule has 0 N–H and O–H groups in total. The lowest BCUT2D eigenvalue weighted by atomic mass is 10.0. The fraction of sp³-hybridized carbons (Fsp3) is 0.704. The van der Waals surface area contributed by atoms with Gasteiger partial charge in [0.25, 0.3) is 0 Å². The highest BCUT2D eigenvalue weighted by molar-refractivity contribution is 5.15. The van der Waals surface area contributed by atoms with E-state index >= 15 is 0 Å². The fourth-order valence-corrected chi connectivity index (χ4v) is 4.49. The molecule has 29 heavy (non-hydrogen) atoms. The largest absolute Gasteiger partial charge is 0.356 e. The van der Waals surface area contributed by atoms with E-state index in [1.165, 1.54) is 102 Å². The number of benzene rings is 1. The summed E-state index contributed by atoms with van der Waals surface area (Å²) in [5, 5.41) is 0. The molecular weight excluding hydrogens is 352 g/mol. The topological polar surface area (TPSA) is 6.48 Å². The first kappa shape index (κ1) is 23.8. The van der Waals surface area contributed by atoms with Gasteiger partial charge < -0.3 is 9.80 Å². The van der Waals surface area contributed by atoms with Crippen LogP contribution in [-0.4, -0.2) is 22.5 Å². The van der Waals surface area contributed by atoms with Crippen LogP contribution >= 0.6 is 0 Å². The van der Waals surface area contributed by atoms with Crippen molar-refractivity contribution in [1.29, 1.82) is 0 Å². The monoisotopic (exact) mass is 398 g/mol. The van der Waals surface area contributed by atoms with E-state index in [0.29, 0.717) is 6.17 Å². The van der Waals surface area contributed by atoms with Crippen molar-refractivity contribution in [3.63, 3.8) is 0 Å². The Balaban J connectivity index is 1.57. The third-order valence-corrected chi connectivity index (χ3v) is 6.22. The van der Waals surface area contributed by atoms with Crippen LogP contribution in [0.4, 0.5) is 0 Å². The summed E-state index contributed by atoms with van der Waals surface area (Å²) in [6.07, 6.45) is 24.8. The molecule has 0 fully saturated rings. The lowest BCUT2D eigenvalue weighted by Crippen LogP contribution is -2.38. The minimum atomic E-state index is 0.554. The van der Waals surface area contributed by atoms with E-state index in [1.54, 1.807) is 0 Å². The number of hydrogen-bond acceptors (Lipinski definition) is 2. The molecule has 1 aromatic carbocycles. The predicted molar refractivity (Wildman–Crippen MR) is 128 cm³/mol. The molecule has 0 saturated carbocycles. The van der Waals surface area contributed by atoms with Crippen molar-refractivity contribution < 1.29 is 0 Å². The Morgan fingerprint density at radius 3 is 1.76 bits per heavy atom. The van der Waals surface area contributed by atoms with Gasteiger partial charge in [-0.05, 0) is 24.8 Å². The normalized spacial score (nSPS) is 16.1. The second-order valence-corrected chi connectivity index (χ2v) is 8.85. The first-order valence-electron chi connectivity index (χ1n) is 12.6. The summed E-state index contributed by atoms with van der Waals surface area (Å²) in [5.41, 5.74) is 1.41.